The van der Waals surface area contributed by atoms with Crippen LogP contribution in [0.3, 0.4) is 0 Å². The van der Waals surface area contributed by atoms with Crippen molar-refractivity contribution in [2.24, 2.45) is 11.8 Å². The highest BCUT2D eigenvalue weighted by Gasteiger charge is 2.58. The zero-order chi connectivity index (χ0) is 25.2. The number of sulfone groups is 1. The monoisotopic (exact) mass is 525 g/mol. The molecule has 2 bridgehead atoms. The van der Waals surface area contributed by atoms with Crippen LogP contribution >= 0.6 is 11.6 Å². The number of fused-ring (bicyclic) bond motifs is 2. The largest absolute Gasteiger partial charge is 0.347 e. The Bertz CT molecular complexity index is 1280. The molecule has 1 heterocycles. The van der Waals surface area contributed by atoms with Gasteiger partial charge in [-0.15, -0.1) is 0 Å². The van der Waals surface area contributed by atoms with Crippen LogP contribution < -0.4 is 5.32 Å². The van der Waals surface area contributed by atoms with Crippen LogP contribution in [0.15, 0.2) is 41.3 Å². The van der Waals surface area contributed by atoms with Gasteiger partial charge >= 0.3 is 0 Å². The third-order valence-corrected chi connectivity index (χ3v) is 10.2. The van der Waals surface area contributed by atoms with Crippen molar-refractivity contribution in [3.05, 3.63) is 58.6 Å². The summed E-state index contributed by atoms with van der Waals surface area (Å²) in [5, 5.41) is 1.88. The molecule has 35 heavy (non-hydrogen) atoms. The average Bonchev–Trinajstić information content (AvgIpc) is 3.24. The van der Waals surface area contributed by atoms with Gasteiger partial charge in [-0.3, -0.25) is 4.79 Å². The van der Waals surface area contributed by atoms with E-state index in [2.05, 4.69) is 5.32 Å². The van der Waals surface area contributed by atoms with Gasteiger partial charge in [-0.25, -0.2) is 17.2 Å². The van der Waals surface area contributed by atoms with E-state index in [0.717, 1.165) is 25.0 Å². The Kier molecular flexibility index (Phi) is 5.98. The lowest BCUT2D eigenvalue weighted by atomic mass is 9.77. The standard InChI is InChI=1S/C25H26ClF2NO5S/c1-24(2)33-13-25(34-24)11-15-3-4-16(12-25)22(15)35(31,32)21-9-14(5-7-18(21)26)23(30)29-17-6-8-19(27)20(28)10-17/h5-10,15-16,22H,3-4,11-13H2,1-2H3,(H,29,30)/t15-,16?,22?,25?/m0/s1. The van der Waals surface area contributed by atoms with E-state index in [1.165, 1.54) is 24.3 Å². The first kappa shape index (κ1) is 24.6. The molecule has 2 aromatic carbocycles. The van der Waals surface area contributed by atoms with Gasteiger partial charge in [-0.05, 0) is 81.7 Å². The highest BCUT2D eigenvalue weighted by Crippen LogP contribution is 2.55. The number of rotatable bonds is 4. The molecule has 6 nitrogen and oxygen atoms in total. The maximum atomic E-state index is 13.8. The van der Waals surface area contributed by atoms with Crippen molar-refractivity contribution in [3.63, 3.8) is 0 Å². The molecule has 1 saturated heterocycles. The van der Waals surface area contributed by atoms with Gasteiger partial charge in [0.15, 0.2) is 27.3 Å². The number of nitrogens with one attached hydrogen (secondary N) is 1. The molecule has 2 saturated carbocycles. The van der Waals surface area contributed by atoms with E-state index < -0.39 is 44.0 Å². The number of amides is 1. The number of halogens is 3. The van der Waals surface area contributed by atoms with Crippen LogP contribution in [0.2, 0.25) is 5.02 Å². The summed E-state index contributed by atoms with van der Waals surface area (Å²) in [5.41, 5.74) is -0.380. The maximum Gasteiger partial charge on any atom is 0.255 e. The SMILES string of the molecule is CC1(C)OCC2(CC3CC[C@@H](C2)C3S(=O)(=O)c2cc(C(=O)Nc3ccc(F)c(F)c3)ccc2Cl)O1. The molecule has 188 valence electrons. The first-order chi connectivity index (χ1) is 16.4. The number of hydrogen-bond acceptors (Lipinski definition) is 5. The summed E-state index contributed by atoms with van der Waals surface area (Å²) < 4.78 is 66.4. The summed E-state index contributed by atoms with van der Waals surface area (Å²) >= 11 is 6.33. The Morgan fingerprint density at radius 3 is 2.34 bits per heavy atom. The molecular weight excluding hydrogens is 500 g/mol. The second-order valence-corrected chi connectivity index (χ2v) is 12.7. The number of carbonyl (C=O) groups is 1. The maximum absolute atomic E-state index is 13.8. The van der Waals surface area contributed by atoms with Crippen LogP contribution in [-0.4, -0.2) is 37.6 Å². The summed E-state index contributed by atoms with van der Waals surface area (Å²) in [7, 11) is -3.86. The molecule has 3 unspecified atom stereocenters. The molecule has 1 N–H and O–H groups in total. The molecule has 3 aliphatic rings. The Labute approximate surface area is 207 Å². The van der Waals surface area contributed by atoms with Crippen molar-refractivity contribution in [2.75, 3.05) is 11.9 Å². The fourth-order valence-electron chi connectivity index (χ4n) is 6.00. The Morgan fingerprint density at radius 2 is 1.74 bits per heavy atom. The van der Waals surface area contributed by atoms with E-state index in [1.807, 2.05) is 13.8 Å². The summed E-state index contributed by atoms with van der Waals surface area (Å²) in [4.78, 5) is 12.7. The van der Waals surface area contributed by atoms with Crippen LogP contribution in [0, 0.1) is 23.5 Å². The van der Waals surface area contributed by atoms with Crippen molar-refractivity contribution in [1.82, 2.24) is 0 Å². The minimum Gasteiger partial charge on any atom is -0.347 e. The molecule has 10 heteroatoms. The van der Waals surface area contributed by atoms with Crippen LogP contribution in [0.4, 0.5) is 14.5 Å². The first-order valence-corrected chi connectivity index (χ1v) is 13.5. The van der Waals surface area contributed by atoms with Crippen LogP contribution in [-0.2, 0) is 19.3 Å². The van der Waals surface area contributed by atoms with Gasteiger partial charge in [0.25, 0.3) is 5.91 Å². The molecule has 1 spiro atoms. The van der Waals surface area contributed by atoms with Crippen molar-refractivity contribution in [1.29, 1.82) is 0 Å². The average molecular weight is 526 g/mol. The summed E-state index contributed by atoms with van der Waals surface area (Å²) in [6.07, 6.45) is 2.72. The topological polar surface area (TPSA) is 81.7 Å². The lowest BCUT2D eigenvalue weighted by Gasteiger charge is -2.41. The molecule has 3 fully saturated rings. The summed E-state index contributed by atoms with van der Waals surface area (Å²) in [5.74, 6) is -3.70. The number of anilines is 1. The van der Waals surface area contributed by atoms with Crippen molar-refractivity contribution < 1.29 is 31.5 Å². The quantitative estimate of drug-likeness (QED) is 0.581. The predicted octanol–water partition coefficient (Wildman–Crippen LogP) is 5.35. The smallest absolute Gasteiger partial charge is 0.255 e. The fraction of sp³-hybridized carbons (Fsp3) is 0.480. The van der Waals surface area contributed by atoms with E-state index in [9.17, 15) is 22.0 Å². The lowest BCUT2D eigenvalue weighted by Crippen LogP contribution is -2.48. The van der Waals surface area contributed by atoms with Gasteiger partial charge in [0, 0.05) is 17.3 Å². The van der Waals surface area contributed by atoms with E-state index in [0.29, 0.717) is 19.4 Å². The molecule has 0 aromatic heterocycles. The van der Waals surface area contributed by atoms with Gasteiger partial charge < -0.3 is 14.8 Å². The molecule has 0 radical (unpaired) electrons. The van der Waals surface area contributed by atoms with Crippen LogP contribution in [0.25, 0.3) is 0 Å². The van der Waals surface area contributed by atoms with Crippen molar-refractivity contribution in [3.8, 4) is 0 Å². The lowest BCUT2D eigenvalue weighted by molar-refractivity contribution is -0.171. The number of carbonyl (C=O) groups excluding carboxylic acids is 1. The van der Waals surface area contributed by atoms with Crippen molar-refractivity contribution in [2.45, 2.75) is 61.1 Å². The Balaban J connectivity index is 1.40. The zero-order valence-electron chi connectivity index (χ0n) is 19.3. The molecule has 2 aromatic rings. The van der Waals surface area contributed by atoms with Gasteiger partial charge in [-0.1, -0.05) is 11.6 Å². The van der Waals surface area contributed by atoms with E-state index in [1.54, 1.807) is 0 Å². The highest BCUT2D eigenvalue weighted by atomic mass is 35.5. The van der Waals surface area contributed by atoms with Gasteiger partial charge in [0.2, 0.25) is 0 Å². The number of benzene rings is 2. The third kappa shape index (κ3) is 4.48. The molecule has 1 aliphatic heterocycles. The number of ether oxygens (including phenoxy) is 2. The fourth-order valence-corrected chi connectivity index (χ4v) is 8.84. The second kappa shape index (κ2) is 8.50. The highest BCUT2D eigenvalue weighted by molar-refractivity contribution is 7.92. The Hall–Kier alpha value is -2.07. The normalized spacial score (nSPS) is 29.5. The van der Waals surface area contributed by atoms with E-state index in [-0.39, 0.29) is 33.0 Å². The number of hydrogen-bond donors (Lipinski definition) is 1. The van der Waals surface area contributed by atoms with Crippen molar-refractivity contribution >= 4 is 33.0 Å². The van der Waals surface area contributed by atoms with Crippen LogP contribution in [0.5, 0.6) is 0 Å². The van der Waals surface area contributed by atoms with Crippen LogP contribution in [0.1, 0.15) is 49.9 Å². The van der Waals surface area contributed by atoms with E-state index >= 15 is 0 Å². The predicted molar refractivity (Wildman–Crippen MR) is 126 cm³/mol. The summed E-state index contributed by atoms with van der Waals surface area (Å²) in [6, 6.07) is 7.00. The summed E-state index contributed by atoms with van der Waals surface area (Å²) in [6.45, 7) is 4.17. The molecule has 5 rings (SSSR count). The van der Waals surface area contributed by atoms with Gasteiger partial charge in [0.05, 0.1) is 27.4 Å². The van der Waals surface area contributed by atoms with Gasteiger partial charge in [-0.2, -0.15) is 0 Å². The molecule has 1 amide bonds. The first-order valence-electron chi connectivity index (χ1n) is 11.5. The third-order valence-electron chi connectivity index (χ3n) is 7.29. The second-order valence-electron chi connectivity index (χ2n) is 10.2. The molecular formula is C25H26ClF2NO5S. The minimum atomic E-state index is -3.86. The molecule has 2 aliphatic carbocycles. The van der Waals surface area contributed by atoms with Gasteiger partial charge in [0.1, 0.15) is 0 Å². The van der Waals surface area contributed by atoms with E-state index in [4.69, 9.17) is 21.1 Å². The Morgan fingerprint density at radius 1 is 1.06 bits per heavy atom. The molecule has 4 atom stereocenters. The zero-order valence-corrected chi connectivity index (χ0v) is 20.9. The minimum absolute atomic E-state index is 0.0376.